The maximum Gasteiger partial charge on any atom is 0.337 e. The van der Waals surface area contributed by atoms with E-state index in [0.717, 1.165) is 33.3 Å². The van der Waals surface area contributed by atoms with E-state index in [9.17, 15) is 13.2 Å². The molecule has 0 fully saturated rings. The summed E-state index contributed by atoms with van der Waals surface area (Å²) in [5.41, 5.74) is 5.68. The molecule has 0 aliphatic heterocycles. The molecule has 0 atom stereocenters. The SMILES string of the molecule is COC(=O)c1ccc(OCCc2c(CCNS(C)(=O)=O)n(C(c3ccccc3)c3ccccc3)c3ccc(Cl)cc23)cc1. The molecule has 0 bridgehead atoms. The van der Waals surface area contributed by atoms with E-state index >= 15 is 0 Å². The van der Waals surface area contributed by atoms with Crippen molar-refractivity contribution in [1.29, 1.82) is 0 Å². The molecule has 0 spiro atoms. The van der Waals surface area contributed by atoms with Gasteiger partial charge >= 0.3 is 5.97 Å². The van der Waals surface area contributed by atoms with Gasteiger partial charge in [-0.05, 0) is 59.2 Å². The number of nitrogens with zero attached hydrogens (tertiary/aromatic N) is 1. The molecule has 7 nitrogen and oxygen atoms in total. The van der Waals surface area contributed by atoms with Crippen molar-refractivity contribution < 1.29 is 22.7 Å². The Labute approximate surface area is 257 Å². The second-order valence-electron chi connectivity index (χ2n) is 10.2. The van der Waals surface area contributed by atoms with E-state index in [1.165, 1.54) is 13.4 Å². The first kappa shape index (κ1) is 30.4. The lowest BCUT2D eigenvalue weighted by molar-refractivity contribution is 0.0600. The van der Waals surface area contributed by atoms with Gasteiger partial charge in [-0.2, -0.15) is 0 Å². The van der Waals surface area contributed by atoms with E-state index < -0.39 is 16.0 Å². The van der Waals surface area contributed by atoms with Gasteiger partial charge < -0.3 is 14.0 Å². The van der Waals surface area contributed by atoms with Gasteiger partial charge in [0.25, 0.3) is 0 Å². The first-order chi connectivity index (χ1) is 20.7. The quantitative estimate of drug-likeness (QED) is 0.163. The molecule has 0 aliphatic rings. The monoisotopic (exact) mass is 616 g/mol. The van der Waals surface area contributed by atoms with Crippen molar-refractivity contribution in [3.8, 4) is 5.75 Å². The van der Waals surface area contributed by atoms with Gasteiger partial charge in [-0.1, -0.05) is 72.3 Å². The Morgan fingerprint density at radius 3 is 2.09 bits per heavy atom. The Balaban J connectivity index is 1.60. The zero-order valence-corrected chi connectivity index (χ0v) is 25.6. The van der Waals surface area contributed by atoms with Crippen LogP contribution in [0.5, 0.6) is 5.75 Å². The van der Waals surface area contributed by atoms with Crippen molar-refractivity contribution in [1.82, 2.24) is 9.29 Å². The highest BCUT2D eigenvalue weighted by Crippen LogP contribution is 2.37. The number of aromatic nitrogens is 1. The van der Waals surface area contributed by atoms with Crippen molar-refractivity contribution in [2.45, 2.75) is 18.9 Å². The van der Waals surface area contributed by atoms with E-state index in [-0.39, 0.29) is 12.6 Å². The van der Waals surface area contributed by atoms with Crippen molar-refractivity contribution in [3.05, 3.63) is 136 Å². The predicted octanol–water partition coefficient (Wildman–Crippen LogP) is 6.43. The number of carbonyl (C=O) groups is 1. The molecule has 0 unspecified atom stereocenters. The van der Waals surface area contributed by atoms with Crippen LogP contribution in [0, 0.1) is 0 Å². The molecule has 1 heterocycles. The van der Waals surface area contributed by atoms with E-state index in [1.54, 1.807) is 24.3 Å². The molecule has 43 heavy (non-hydrogen) atoms. The van der Waals surface area contributed by atoms with Gasteiger partial charge in [-0.3, -0.25) is 0 Å². The summed E-state index contributed by atoms with van der Waals surface area (Å²) in [6.45, 7) is 0.596. The molecular formula is C34H33ClN2O5S. The van der Waals surface area contributed by atoms with E-state index in [2.05, 4.69) is 33.6 Å². The van der Waals surface area contributed by atoms with Gasteiger partial charge in [0, 0.05) is 41.0 Å². The van der Waals surface area contributed by atoms with Gasteiger partial charge in [-0.25, -0.2) is 17.9 Å². The Morgan fingerprint density at radius 2 is 1.51 bits per heavy atom. The summed E-state index contributed by atoms with van der Waals surface area (Å²) in [7, 11) is -2.04. The second-order valence-corrected chi connectivity index (χ2v) is 12.5. The minimum atomic E-state index is -3.38. The molecule has 222 valence electrons. The average Bonchev–Trinajstić information content (AvgIpc) is 3.29. The number of hydrogen-bond acceptors (Lipinski definition) is 5. The van der Waals surface area contributed by atoms with Crippen LogP contribution in [-0.2, 0) is 27.6 Å². The molecule has 0 aliphatic carbocycles. The number of nitrogens with one attached hydrogen (secondary N) is 1. The van der Waals surface area contributed by atoms with Crippen molar-refractivity contribution in [2.24, 2.45) is 0 Å². The summed E-state index contributed by atoms with van der Waals surface area (Å²) in [6, 6.07) is 33.1. The summed E-state index contributed by atoms with van der Waals surface area (Å²) < 4.78 is 39.9. The summed E-state index contributed by atoms with van der Waals surface area (Å²) >= 11 is 6.54. The number of ether oxygens (including phenoxy) is 2. The van der Waals surface area contributed by atoms with E-state index in [1.807, 2.05) is 54.6 Å². The third-order valence-corrected chi connectivity index (χ3v) is 8.26. The van der Waals surface area contributed by atoms with Gasteiger partial charge in [0.1, 0.15) is 5.75 Å². The lowest BCUT2D eigenvalue weighted by Crippen LogP contribution is -2.26. The maximum absolute atomic E-state index is 12.0. The Bertz CT molecular complexity index is 1770. The number of fused-ring (bicyclic) bond motifs is 1. The lowest BCUT2D eigenvalue weighted by Gasteiger charge is -2.25. The van der Waals surface area contributed by atoms with Crippen LogP contribution in [0.3, 0.4) is 0 Å². The fourth-order valence-electron chi connectivity index (χ4n) is 5.44. The molecule has 0 amide bonds. The minimum absolute atomic E-state index is 0.167. The van der Waals surface area contributed by atoms with Crippen molar-refractivity contribution in [2.75, 3.05) is 26.5 Å². The van der Waals surface area contributed by atoms with Crippen LogP contribution in [0.4, 0.5) is 0 Å². The van der Waals surface area contributed by atoms with Crippen LogP contribution in [0.2, 0.25) is 5.02 Å². The normalized spacial score (nSPS) is 11.6. The smallest absolute Gasteiger partial charge is 0.337 e. The highest BCUT2D eigenvalue weighted by Gasteiger charge is 2.25. The molecular weight excluding hydrogens is 584 g/mol. The van der Waals surface area contributed by atoms with Gasteiger partial charge in [0.2, 0.25) is 10.0 Å². The fraction of sp³-hybridized carbons (Fsp3) is 0.206. The fourth-order valence-corrected chi connectivity index (χ4v) is 6.09. The number of sulfonamides is 1. The highest BCUT2D eigenvalue weighted by atomic mass is 35.5. The number of hydrogen-bond donors (Lipinski definition) is 1. The number of methoxy groups -OCH3 is 1. The first-order valence-electron chi connectivity index (χ1n) is 13.9. The summed E-state index contributed by atoms with van der Waals surface area (Å²) in [5.74, 6) is 0.219. The summed E-state index contributed by atoms with van der Waals surface area (Å²) in [4.78, 5) is 11.8. The largest absolute Gasteiger partial charge is 0.493 e. The summed E-state index contributed by atoms with van der Waals surface area (Å²) in [6.07, 6.45) is 2.17. The molecule has 0 radical (unpaired) electrons. The van der Waals surface area contributed by atoms with E-state index in [4.69, 9.17) is 21.1 Å². The average molecular weight is 617 g/mol. The zero-order valence-electron chi connectivity index (χ0n) is 24.0. The topological polar surface area (TPSA) is 86.6 Å². The third kappa shape index (κ3) is 7.28. The van der Waals surface area contributed by atoms with Crippen LogP contribution in [0.15, 0.2) is 103 Å². The predicted molar refractivity (Wildman–Crippen MR) is 171 cm³/mol. The Hall–Kier alpha value is -4.11. The van der Waals surface area contributed by atoms with Gasteiger partial charge in [0.05, 0.1) is 31.6 Å². The Kier molecular flexibility index (Phi) is 9.50. The Morgan fingerprint density at radius 1 is 0.884 bits per heavy atom. The number of esters is 1. The minimum Gasteiger partial charge on any atom is -0.493 e. The maximum atomic E-state index is 12.0. The zero-order chi connectivity index (χ0) is 30.4. The number of carbonyl (C=O) groups excluding carboxylic acids is 1. The number of benzene rings is 4. The van der Waals surface area contributed by atoms with Crippen LogP contribution in [-0.4, -0.2) is 45.5 Å². The van der Waals surface area contributed by atoms with Crippen molar-refractivity contribution in [3.63, 3.8) is 0 Å². The molecule has 5 aromatic rings. The van der Waals surface area contributed by atoms with Crippen LogP contribution in [0.1, 0.15) is 38.8 Å². The number of rotatable bonds is 12. The second kappa shape index (κ2) is 13.5. The molecule has 1 aromatic heterocycles. The van der Waals surface area contributed by atoms with Crippen LogP contribution < -0.4 is 9.46 Å². The van der Waals surface area contributed by atoms with Crippen molar-refractivity contribution >= 4 is 38.5 Å². The standard InChI is InChI=1S/C34H33ClN2O5S/c1-41-34(38)26-13-16-28(17-14-26)42-22-20-29-30-23-27(35)15-18-31(30)37(32(29)19-21-36-43(2,39)40)33(24-9-5-3-6-10-24)25-11-7-4-8-12-25/h3-18,23,33,36H,19-22H2,1-2H3. The van der Waals surface area contributed by atoms with Crippen LogP contribution >= 0.6 is 11.6 Å². The first-order valence-corrected chi connectivity index (χ1v) is 16.2. The summed E-state index contributed by atoms with van der Waals surface area (Å²) in [5, 5.41) is 1.60. The molecule has 1 N–H and O–H groups in total. The molecule has 0 saturated heterocycles. The van der Waals surface area contributed by atoms with Gasteiger partial charge in [0.15, 0.2) is 0 Å². The third-order valence-electron chi connectivity index (χ3n) is 7.29. The van der Waals surface area contributed by atoms with Gasteiger partial charge in [-0.15, -0.1) is 0 Å². The molecule has 4 aromatic carbocycles. The highest BCUT2D eigenvalue weighted by molar-refractivity contribution is 7.88. The number of halogens is 1. The molecule has 9 heteroatoms. The lowest BCUT2D eigenvalue weighted by atomic mass is 9.97. The molecule has 5 rings (SSSR count). The van der Waals surface area contributed by atoms with E-state index in [0.29, 0.717) is 35.8 Å². The van der Waals surface area contributed by atoms with Crippen LogP contribution in [0.25, 0.3) is 10.9 Å². The molecule has 0 saturated carbocycles.